The van der Waals surface area contributed by atoms with Crippen molar-refractivity contribution in [2.24, 2.45) is 0 Å². The molecule has 0 saturated carbocycles. The summed E-state index contributed by atoms with van der Waals surface area (Å²) in [6.07, 6.45) is 0. The van der Waals surface area contributed by atoms with Crippen LogP contribution < -0.4 is 10.2 Å². The average molecular weight is 245 g/mol. The smallest absolute Gasteiger partial charge is 0.167 e. The predicted octanol–water partition coefficient (Wildman–Crippen LogP) is 2.52. The number of rotatable bonds is 5. The van der Waals surface area contributed by atoms with E-state index < -0.39 is 0 Å². The zero-order chi connectivity index (χ0) is 13.0. The van der Waals surface area contributed by atoms with Crippen LogP contribution in [0, 0.1) is 0 Å². The minimum absolute atomic E-state index is 0.746. The topological polar surface area (TPSA) is 41.3 Å². The third-order valence-corrected chi connectivity index (χ3v) is 2.78. The highest BCUT2D eigenvalue weighted by atomic mass is 16.5. The first-order valence-electron chi connectivity index (χ1n) is 6.14. The van der Waals surface area contributed by atoms with E-state index in [0.29, 0.717) is 0 Å². The molecule has 0 unspecified atom stereocenters. The van der Waals surface area contributed by atoms with E-state index in [4.69, 9.17) is 4.52 Å². The standard InChI is InChI=1S/C14H19N3O/c1-4-15-10-12-9-14(18-16-12)11-5-7-13(8-6-11)17(2)3/h5-9,15H,4,10H2,1-3H3. The lowest BCUT2D eigenvalue weighted by Gasteiger charge is -2.11. The van der Waals surface area contributed by atoms with Crippen LogP contribution in [0.1, 0.15) is 12.6 Å². The van der Waals surface area contributed by atoms with Crippen molar-refractivity contribution in [1.82, 2.24) is 10.5 Å². The fourth-order valence-corrected chi connectivity index (χ4v) is 1.71. The second-order valence-corrected chi connectivity index (χ2v) is 4.40. The second-order valence-electron chi connectivity index (χ2n) is 4.40. The molecule has 1 aromatic heterocycles. The summed E-state index contributed by atoms with van der Waals surface area (Å²) in [7, 11) is 4.05. The zero-order valence-electron chi connectivity index (χ0n) is 11.1. The quantitative estimate of drug-likeness (QED) is 0.878. The van der Waals surface area contributed by atoms with Gasteiger partial charge in [-0.05, 0) is 30.8 Å². The Hall–Kier alpha value is -1.81. The van der Waals surface area contributed by atoms with Gasteiger partial charge in [-0.25, -0.2) is 0 Å². The molecular weight excluding hydrogens is 226 g/mol. The Morgan fingerprint density at radius 3 is 2.56 bits per heavy atom. The van der Waals surface area contributed by atoms with E-state index in [0.717, 1.165) is 30.1 Å². The maximum atomic E-state index is 5.34. The van der Waals surface area contributed by atoms with Gasteiger partial charge in [-0.2, -0.15) is 0 Å². The van der Waals surface area contributed by atoms with Gasteiger partial charge in [0.15, 0.2) is 5.76 Å². The zero-order valence-corrected chi connectivity index (χ0v) is 11.1. The van der Waals surface area contributed by atoms with Crippen molar-refractivity contribution in [3.63, 3.8) is 0 Å². The molecule has 0 aliphatic heterocycles. The van der Waals surface area contributed by atoms with Gasteiger partial charge in [-0.15, -0.1) is 0 Å². The molecule has 0 radical (unpaired) electrons. The van der Waals surface area contributed by atoms with Crippen LogP contribution in [0.15, 0.2) is 34.9 Å². The average Bonchev–Trinajstić information content (AvgIpc) is 2.85. The van der Waals surface area contributed by atoms with Gasteiger partial charge in [0.25, 0.3) is 0 Å². The van der Waals surface area contributed by atoms with Crippen molar-refractivity contribution in [1.29, 1.82) is 0 Å². The summed E-state index contributed by atoms with van der Waals surface area (Å²) >= 11 is 0. The third-order valence-electron chi connectivity index (χ3n) is 2.78. The largest absolute Gasteiger partial charge is 0.378 e. The van der Waals surface area contributed by atoms with Crippen molar-refractivity contribution in [3.05, 3.63) is 36.0 Å². The van der Waals surface area contributed by atoms with Crippen molar-refractivity contribution < 1.29 is 4.52 Å². The van der Waals surface area contributed by atoms with Crippen molar-refractivity contribution in [2.45, 2.75) is 13.5 Å². The summed E-state index contributed by atoms with van der Waals surface area (Å²) in [4.78, 5) is 2.07. The highest BCUT2D eigenvalue weighted by Gasteiger charge is 2.06. The highest BCUT2D eigenvalue weighted by molar-refractivity contribution is 5.61. The van der Waals surface area contributed by atoms with Gasteiger partial charge >= 0.3 is 0 Å². The minimum atomic E-state index is 0.746. The summed E-state index contributed by atoms with van der Waals surface area (Å²) in [5, 5.41) is 7.26. The summed E-state index contributed by atoms with van der Waals surface area (Å²) < 4.78 is 5.34. The fourth-order valence-electron chi connectivity index (χ4n) is 1.71. The summed E-state index contributed by atoms with van der Waals surface area (Å²) in [5.74, 6) is 0.813. The summed E-state index contributed by atoms with van der Waals surface area (Å²) in [6.45, 7) is 3.75. The number of aromatic nitrogens is 1. The molecule has 0 aliphatic carbocycles. The van der Waals surface area contributed by atoms with Crippen molar-refractivity contribution in [3.8, 4) is 11.3 Å². The summed E-state index contributed by atoms with van der Waals surface area (Å²) in [6, 6.07) is 10.2. The molecule has 96 valence electrons. The lowest BCUT2D eigenvalue weighted by molar-refractivity contribution is 0.420. The lowest BCUT2D eigenvalue weighted by Crippen LogP contribution is -2.11. The first kappa shape index (κ1) is 12.6. The normalized spacial score (nSPS) is 10.6. The van der Waals surface area contributed by atoms with E-state index in [9.17, 15) is 0 Å². The van der Waals surface area contributed by atoms with Crippen LogP contribution in [0.2, 0.25) is 0 Å². The van der Waals surface area contributed by atoms with Crippen LogP contribution in [-0.4, -0.2) is 25.8 Å². The number of nitrogens with one attached hydrogen (secondary N) is 1. The van der Waals surface area contributed by atoms with Gasteiger partial charge in [0.05, 0.1) is 5.69 Å². The maximum absolute atomic E-state index is 5.34. The van der Waals surface area contributed by atoms with Gasteiger partial charge in [0.2, 0.25) is 0 Å². The lowest BCUT2D eigenvalue weighted by atomic mass is 10.1. The molecule has 1 aromatic carbocycles. The second kappa shape index (κ2) is 5.69. The number of benzene rings is 1. The van der Waals surface area contributed by atoms with Crippen LogP contribution in [0.4, 0.5) is 5.69 Å². The molecular formula is C14H19N3O. The number of hydrogen-bond donors (Lipinski definition) is 1. The van der Waals surface area contributed by atoms with E-state index in [2.05, 4.69) is 34.4 Å². The van der Waals surface area contributed by atoms with E-state index >= 15 is 0 Å². The first-order valence-corrected chi connectivity index (χ1v) is 6.14. The van der Waals surface area contributed by atoms with Crippen LogP contribution in [0.3, 0.4) is 0 Å². The van der Waals surface area contributed by atoms with Gasteiger partial charge in [-0.3, -0.25) is 0 Å². The molecule has 0 amide bonds. The Morgan fingerprint density at radius 2 is 1.94 bits per heavy atom. The third kappa shape index (κ3) is 2.90. The maximum Gasteiger partial charge on any atom is 0.167 e. The SMILES string of the molecule is CCNCc1cc(-c2ccc(N(C)C)cc2)on1. The number of anilines is 1. The molecule has 0 saturated heterocycles. The molecule has 2 aromatic rings. The van der Waals surface area contributed by atoms with Crippen LogP contribution >= 0.6 is 0 Å². The van der Waals surface area contributed by atoms with E-state index in [1.807, 2.05) is 32.3 Å². The minimum Gasteiger partial charge on any atom is -0.378 e. The molecule has 4 nitrogen and oxygen atoms in total. The molecule has 0 spiro atoms. The Morgan fingerprint density at radius 1 is 1.22 bits per heavy atom. The van der Waals surface area contributed by atoms with Gasteiger partial charge < -0.3 is 14.7 Å². The van der Waals surface area contributed by atoms with Crippen LogP contribution in [0.5, 0.6) is 0 Å². The van der Waals surface area contributed by atoms with Crippen LogP contribution in [-0.2, 0) is 6.54 Å². The van der Waals surface area contributed by atoms with E-state index in [1.165, 1.54) is 5.69 Å². The van der Waals surface area contributed by atoms with Gasteiger partial charge in [0.1, 0.15) is 0 Å². The first-order chi connectivity index (χ1) is 8.70. The molecule has 0 atom stereocenters. The Kier molecular flexibility index (Phi) is 3.99. The van der Waals surface area contributed by atoms with Crippen molar-refractivity contribution in [2.75, 3.05) is 25.5 Å². The Balaban J connectivity index is 2.13. The predicted molar refractivity (Wildman–Crippen MR) is 73.6 cm³/mol. The number of hydrogen-bond acceptors (Lipinski definition) is 4. The molecule has 2 rings (SSSR count). The van der Waals surface area contributed by atoms with E-state index in [1.54, 1.807) is 0 Å². The molecule has 1 N–H and O–H groups in total. The Bertz CT molecular complexity index is 488. The van der Waals surface area contributed by atoms with Gasteiger partial charge in [-0.1, -0.05) is 12.1 Å². The molecule has 18 heavy (non-hydrogen) atoms. The monoisotopic (exact) mass is 245 g/mol. The number of nitrogens with zero attached hydrogens (tertiary/aromatic N) is 2. The Labute approximate surface area is 108 Å². The molecule has 1 heterocycles. The molecule has 0 bridgehead atoms. The van der Waals surface area contributed by atoms with E-state index in [-0.39, 0.29) is 0 Å². The van der Waals surface area contributed by atoms with Crippen LogP contribution in [0.25, 0.3) is 11.3 Å². The highest BCUT2D eigenvalue weighted by Crippen LogP contribution is 2.23. The van der Waals surface area contributed by atoms with Gasteiger partial charge in [0, 0.05) is 38.0 Å². The van der Waals surface area contributed by atoms with Crippen molar-refractivity contribution >= 4 is 5.69 Å². The summed E-state index contributed by atoms with van der Waals surface area (Å²) in [5.41, 5.74) is 3.16. The molecule has 0 fully saturated rings. The molecule has 4 heteroatoms. The fraction of sp³-hybridized carbons (Fsp3) is 0.357. The molecule has 0 aliphatic rings.